The Morgan fingerprint density at radius 1 is 1.33 bits per heavy atom. The SMILES string of the molecule is CN(CCc1ccc(Br)cc1)C1CNC(C)(C)C1. The van der Waals surface area contributed by atoms with E-state index in [4.69, 9.17) is 0 Å². The first-order valence-corrected chi connectivity index (χ1v) is 7.45. The molecule has 1 fully saturated rings. The van der Waals surface area contributed by atoms with Gasteiger partial charge in [0.15, 0.2) is 0 Å². The van der Waals surface area contributed by atoms with Crippen molar-refractivity contribution < 1.29 is 0 Å². The van der Waals surface area contributed by atoms with Gasteiger partial charge in [-0.15, -0.1) is 0 Å². The van der Waals surface area contributed by atoms with Crippen LogP contribution in [-0.4, -0.2) is 36.6 Å². The summed E-state index contributed by atoms with van der Waals surface area (Å²) < 4.78 is 1.15. The molecular formula is C15H23BrN2. The number of nitrogens with zero attached hydrogens (tertiary/aromatic N) is 1. The molecule has 3 heteroatoms. The van der Waals surface area contributed by atoms with Gasteiger partial charge in [-0.1, -0.05) is 28.1 Å². The van der Waals surface area contributed by atoms with Crippen molar-refractivity contribution in [2.24, 2.45) is 0 Å². The summed E-state index contributed by atoms with van der Waals surface area (Å²) in [6.07, 6.45) is 2.37. The molecule has 1 heterocycles. The normalized spacial score (nSPS) is 22.6. The third kappa shape index (κ3) is 3.81. The summed E-state index contributed by atoms with van der Waals surface area (Å²) in [5.41, 5.74) is 1.71. The van der Waals surface area contributed by atoms with E-state index >= 15 is 0 Å². The van der Waals surface area contributed by atoms with Gasteiger partial charge in [0.1, 0.15) is 0 Å². The van der Waals surface area contributed by atoms with Gasteiger partial charge >= 0.3 is 0 Å². The van der Waals surface area contributed by atoms with E-state index in [1.54, 1.807) is 0 Å². The summed E-state index contributed by atoms with van der Waals surface area (Å²) in [5, 5.41) is 3.58. The van der Waals surface area contributed by atoms with Gasteiger partial charge in [0.25, 0.3) is 0 Å². The van der Waals surface area contributed by atoms with E-state index in [0.717, 1.165) is 24.0 Å². The highest BCUT2D eigenvalue weighted by atomic mass is 79.9. The van der Waals surface area contributed by atoms with Crippen molar-refractivity contribution in [2.75, 3.05) is 20.1 Å². The van der Waals surface area contributed by atoms with E-state index in [9.17, 15) is 0 Å². The molecular weight excluding hydrogens is 288 g/mol. The molecule has 1 aliphatic rings. The van der Waals surface area contributed by atoms with Crippen LogP contribution in [0.4, 0.5) is 0 Å². The predicted molar refractivity (Wildman–Crippen MR) is 81.0 cm³/mol. The second kappa shape index (κ2) is 5.72. The van der Waals surface area contributed by atoms with Crippen LogP contribution in [0.1, 0.15) is 25.8 Å². The van der Waals surface area contributed by atoms with E-state index in [1.165, 1.54) is 12.0 Å². The van der Waals surface area contributed by atoms with Gasteiger partial charge in [0.05, 0.1) is 0 Å². The Kier molecular flexibility index (Phi) is 4.46. The van der Waals surface area contributed by atoms with E-state index in [0.29, 0.717) is 11.6 Å². The lowest BCUT2D eigenvalue weighted by Gasteiger charge is -2.25. The average Bonchev–Trinajstić information content (AvgIpc) is 2.69. The van der Waals surface area contributed by atoms with Crippen molar-refractivity contribution in [1.29, 1.82) is 0 Å². The number of rotatable bonds is 4. The first-order valence-electron chi connectivity index (χ1n) is 6.66. The number of halogens is 1. The zero-order valence-corrected chi connectivity index (χ0v) is 13.1. The lowest BCUT2D eigenvalue weighted by molar-refractivity contribution is 0.251. The number of likely N-dealkylation sites (N-methyl/N-ethyl adjacent to an activating group) is 1. The minimum Gasteiger partial charge on any atom is -0.310 e. The Labute approximate surface area is 119 Å². The molecule has 1 aliphatic heterocycles. The fraction of sp³-hybridized carbons (Fsp3) is 0.600. The zero-order valence-electron chi connectivity index (χ0n) is 11.5. The number of hydrogen-bond acceptors (Lipinski definition) is 2. The minimum atomic E-state index is 0.302. The minimum absolute atomic E-state index is 0.302. The average molecular weight is 311 g/mol. The molecule has 0 aliphatic carbocycles. The summed E-state index contributed by atoms with van der Waals surface area (Å²) in [4.78, 5) is 2.49. The fourth-order valence-electron chi connectivity index (χ4n) is 2.58. The Morgan fingerprint density at radius 3 is 2.56 bits per heavy atom. The fourth-order valence-corrected chi connectivity index (χ4v) is 2.84. The molecule has 1 aromatic carbocycles. The summed E-state index contributed by atoms with van der Waals surface area (Å²) >= 11 is 3.47. The van der Waals surface area contributed by atoms with E-state index in [1.807, 2.05) is 0 Å². The molecule has 1 unspecified atom stereocenters. The van der Waals surface area contributed by atoms with Crippen LogP contribution in [-0.2, 0) is 6.42 Å². The highest BCUT2D eigenvalue weighted by molar-refractivity contribution is 9.10. The molecule has 18 heavy (non-hydrogen) atoms. The molecule has 0 bridgehead atoms. The third-order valence-corrected chi connectivity index (χ3v) is 4.38. The maximum absolute atomic E-state index is 3.58. The summed E-state index contributed by atoms with van der Waals surface area (Å²) in [6.45, 7) is 6.82. The van der Waals surface area contributed by atoms with Gasteiger partial charge in [0.2, 0.25) is 0 Å². The lowest BCUT2D eigenvalue weighted by atomic mass is 10.0. The van der Waals surface area contributed by atoms with Crippen molar-refractivity contribution in [3.8, 4) is 0 Å². The second-order valence-corrected chi connectivity index (χ2v) is 6.90. The molecule has 1 saturated heterocycles. The van der Waals surface area contributed by atoms with Gasteiger partial charge in [-0.2, -0.15) is 0 Å². The first-order chi connectivity index (χ1) is 8.46. The topological polar surface area (TPSA) is 15.3 Å². The summed E-state index contributed by atoms with van der Waals surface area (Å²) in [7, 11) is 2.24. The van der Waals surface area contributed by atoms with Crippen LogP contribution in [0.25, 0.3) is 0 Å². The van der Waals surface area contributed by atoms with Crippen LogP contribution in [0.5, 0.6) is 0 Å². The van der Waals surface area contributed by atoms with Crippen molar-refractivity contribution >= 4 is 15.9 Å². The van der Waals surface area contributed by atoms with Gasteiger partial charge in [-0.3, -0.25) is 0 Å². The standard InChI is InChI=1S/C15H23BrN2/c1-15(2)10-14(11-17-15)18(3)9-8-12-4-6-13(16)7-5-12/h4-7,14,17H,8-11H2,1-3H3. The number of hydrogen-bond donors (Lipinski definition) is 1. The van der Waals surface area contributed by atoms with Gasteiger partial charge in [-0.05, 0) is 51.4 Å². The highest BCUT2D eigenvalue weighted by Crippen LogP contribution is 2.21. The quantitative estimate of drug-likeness (QED) is 0.919. The molecule has 2 rings (SSSR count). The Morgan fingerprint density at radius 2 is 2.00 bits per heavy atom. The molecule has 1 aromatic rings. The Hall–Kier alpha value is -0.380. The maximum atomic E-state index is 3.58. The number of nitrogens with one attached hydrogen (secondary N) is 1. The lowest BCUT2D eigenvalue weighted by Crippen LogP contribution is -2.34. The molecule has 0 aromatic heterocycles. The zero-order chi connectivity index (χ0) is 13.2. The number of benzene rings is 1. The Balaban J connectivity index is 1.82. The summed E-state index contributed by atoms with van der Waals surface area (Å²) in [5.74, 6) is 0. The molecule has 100 valence electrons. The first kappa shape index (κ1) is 14.0. The van der Waals surface area contributed by atoms with Crippen LogP contribution in [0.3, 0.4) is 0 Å². The highest BCUT2D eigenvalue weighted by Gasteiger charge is 2.32. The Bertz CT molecular complexity index is 386. The van der Waals surface area contributed by atoms with Crippen LogP contribution in [0, 0.1) is 0 Å². The predicted octanol–water partition coefficient (Wildman–Crippen LogP) is 3.06. The van der Waals surface area contributed by atoms with Crippen molar-refractivity contribution in [2.45, 2.75) is 38.3 Å². The molecule has 2 nitrogen and oxygen atoms in total. The molecule has 0 saturated carbocycles. The van der Waals surface area contributed by atoms with Gasteiger partial charge < -0.3 is 10.2 Å². The van der Waals surface area contributed by atoms with Crippen molar-refractivity contribution in [3.63, 3.8) is 0 Å². The summed E-state index contributed by atoms with van der Waals surface area (Å²) in [6, 6.07) is 9.32. The van der Waals surface area contributed by atoms with E-state index in [-0.39, 0.29) is 0 Å². The van der Waals surface area contributed by atoms with Crippen molar-refractivity contribution in [3.05, 3.63) is 34.3 Å². The molecule has 0 amide bonds. The largest absolute Gasteiger partial charge is 0.310 e. The van der Waals surface area contributed by atoms with Crippen LogP contribution >= 0.6 is 15.9 Å². The molecule has 0 radical (unpaired) electrons. The van der Waals surface area contributed by atoms with Gasteiger partial charge in [0, 0.05) is 29.1 Å². The molecule has 1 N–H and O–H groups in total. The maximum Gasteiger partial charge on any atom is 0.0235 e. The van der Waals surface area contributed by atoms with E-state index < -0.39 is 0 Å². The van der Waals surface area contributed by atoms with Gasteiger partial charge in [-0.25, -0.2) is 0 Å². The second-order valence-electron chi connectivity index (χ2n) is 5.98. The molecule has 0 spiro atoms. The van der Waals surface area contributed by atoms with Crippen LogP contribution in [0.2, 0.25) is 0 Å². The third-order valence-electron chi connectivity index (χ3n) is 3.85. The van der Waals surface area contributed by atoms with Crippen LogP contribution < -0.4 is 5.32 Å². The monoisotopic (exact) mass is 310 g/mol. The smallest absolute Gasteiger partial charge is 0.0235 e. The van der Waals surface area contributed by atoms with E-state index in [2.05, 4.69) is 71.3 Å². The van der Waals surface area contributed by atoms with Crippen LogP contribution in [0.15, 0.2) is 28.7 Å². The molecule has 1 atom stereocenters. The van der Waals surface area contributed by atoms with Crippen molar-refractivity contribution in [1.82, 2.24) is 10.2 Å².